The number of hydrogen-bond acceptors (Lipinski definition) is 4. The highest BCUT2D eigenvalue weighted by atomic mass is 16.5. The quantitative estimate of drug-likeness (QED) is 0.698. The summed E-state index contributed by atoms with van der Waals surface area (Å²) < 4.78 is 5.04. The van der Waals surface area contributed by atoms with Gasteiger partial charge in [-0.1, -0.05) is 5.16 Å². The molecule has 1 saturated heterocycles. The molecule has 1 atom stereocenters. The fourth-order valence-corrected chi connectivity index (χ4v) is 1.56. The zero-order valence-corrected chi connectivity index (χ0v) is 7.21. The van der Waals surface area contributed by atoms with Gasteiger partial charge in [0.25, 0.3) is 0 Å². The van der Waals surface area contributed by atoms with Crippen LogP contribution in [0, 0.1) is 12.8 Å². The minimum absolute atomic E-state index is 0.685. The van der Waals surface area contributed by atoms with Gasteiger partial charge in [0.15, 0.2) is 5.82 Å². The van der Waals surface area contributed by atoms with Gasteiger partial charge in [-0.25, -0.2) is 0 Å². The van der Waals surface area contributed by atoms with Crippen LogP contribution in [0.15, 0.2) is 4.52 Å². The molecule has 0 aromatic carbocycles. The SMILES string of the molecule is Cc1noc(CC2CCNC2)n1. The summed E-state index contributed by atoms with van der Waals surface area (Å²) >= 11 is 0. The van der Waals surface area contributed by atoms with Crippen LogP contribution in [0.5, 0.6) is 0 Å². The van der Waals surface area contributed by atoms with E-state index in [9.17, 15) is 0 Å². The van der Waals surface area contributed by atoms with Crippen molar-refractivity contribution < 1.29 is 4.52 Å². The average molecular weight is 167 g/mol. The standard InChI is InChI=1S/C8H13N3O/c1-6-10-8(12-11-6)4-7-2-3-9-5-7/h7,9H,2-5H2,1H3. The number of rotatable bonds is 2. The Hall–Kier alpha value is -0.900. The first-order valence-corrected chi connectivity index (χ1v) is 4.34. The van der Waals surface area contributed by atoms with E-state index in [1.165, 1.54) is 6.42 Å². The molecule has 1 aromatic heterocycles. The highest BCUT2D eigenvalue weighted by Crippen LogP contribution is 2.13. The second kappa shape index (κ2) is 3.23. The molecule has 1 aromatic rings. The molecule has 0 spiro atoms. The Kier molecular flexibility index (Phi) is 2.08. The summed E-state index contributed by atoms with van der Waals surface area (Å²) in [4.78, 5) is 4.17. The molecule has 66 valence electrons. The minimum atomic E-state index is 0.685. The summed E-state index contributed by atoms with van der Waals surface area (Å²) in [6, 6.07) is 0. The van der Waals surface area contributed by atoms with Gasteiger partial charge in [-0.05, 0) is 32.4 Å². The van der Waals surface area contributed by atoms with Crippen molar-refractivity contribution in [1.29, 1.82) is 0 Å². The first-order chi connectivity index (χ1) is 5.84. The van der Waals surface area contributed by atoms with Crippen LogP contribution in [0.25, 0.3) is 0 Å². The molecule has 0 radical (unpaired) electrons. The number of nitrogens with one attached hydrogen (secondary N) is 1. The molecule has 0 amide bonds. The van der Waals surface area contributed by atoms with Gasteiger partial charge in [0.2, 0.25) is 5.89 Å². The van der Waals surface area contributed by atoms with Gasteiger partial charge >= 0.3 is 0 Å². The molecule has 4 nitrogen and oxygen atoms in total. The smallest absolute Gasteiger partial charge is 0.226 e. The Morgan fingerprint density at radius 3 is 3.17 bits per heavy atom. The van der Waals surface area contributed by atoms with Crippen molar-refractivity contribution in [3.63, 3.8) is 0 Å². The summed E-state index contributed by atoms with van der Waals surface area (Å²) in [5, 5.41) is 7.06. The first-order valence-electron chi connectivity index (χ1n) is 4.34. The largest absolute Gasteiger partial charge is 0.339 e. The van der Waals surface area contributed by atoms with E-state index >= 15 is 0 Å². The lowest BCUT2D eigenvalue weighted by Gasteiger charge is -2.01. The summed E-state index contributed by atoms with van der Waals surface area (Å²) in [6.07, 6.45) is 2.15. The lowest BCUT2D eigenvalue weighted by atomic mass is 10.1. The molecule has 2 heterocycles. The van der Waals surface area contributed by atoms with Crippen molar-refractivity contribution in [2.24, 2.45) is 5.92 Å². The predicted molar refractivity (Wildman–Crippen MR) is 43.7 cm³/mol. The second-order valence-corrected chi connectivity index (χ2v) is 3.30. The van der Waals surface area contributed by atoms with E-state index in [1.54, 1.807) is 0 Å². The summed E-state index contributed by atoms with van der Waals surface area (Å²) in [5.41, 5.74) is 0. The maximum Gasteiger partial charge on any atom is 0.226 e. The Bertz CT molecular complexity index is 253. The van der Waals surface area contributed by atoms with Crippen LogP contribution in [0.1, 0.15) is 18.1 Å². The van der Waals surface area contributed by atoms with E-state index in [4.69, 9.17) is 4.52 Å². The van der Waals surface area contributed by atoms with Gasteiger partial charge in [0, 0.05) is 6.42 Å². The third kappa shape index (κ3) is 1.64. The summed E-state index contributed by atoms with van der Waals surface area (Å²) in [7, 11) is 0. The topological polar surface area (TPSA) is 51.0 Å². The molecule has 1 unspecified atom stereocenters. The van der Waals surface area contributed by atoms with Gasteiger partial charge in [0.1, 0.15) is 0 Å². The van der Waals surface area contributed by atoms with E-state index in [1.807, 2.05) is 6.92 Å². The number of aromatic nitrogens is 2. The minimum Gasteiger partial charge on any atom is -0.339 e. The average Bonchev–Trinajstić information content (AvgIpc) is 2.63. The molecule has 1 N–H and O–H groups in total. The van der Waals surface area contributed by atoms with Gasteiger partial charge in [-0.3, -0.25) is 0 Å². The molecular weight excluding hydrogens is 154 g/mol. The number of nitrogens with zero attached hydrogens (tertiary/aromatic N) is 2. The van der Waals surface area contributed by atoms with Crippen molar-refractivity contribution in [3.8, 4) is 0 Å². The lowest BCUT2D eigenvalue weighted by Crippen LogP contribution is -2.10. The van der Waals surface area contributed by atoms with Crippen molar-refractivity contribution in [3.05, 3.63) is 11.7 Å². The molecule has 1 aliphatic heterocycles. The van der Waals surface area contributed by atoms with Gasteiger partial charge in [-0.2, -0.15) is 4.98 Å². The monoisotopic (exact) mass is 167 g/mol. The van der Waals surface area contributed by atoms with Crippen molar-refractivity contribution in [2.45, 2.75) is 19.8 Å². The van der Waals surface area contributed by atoms with E-state index in [0.29, 0.717) is 5.92 Å². The lowest BCUT2D eigenvalue weighted by molar-refractivity contribution is 0.355. The second-order valence-electron chi connectivity index (χ2n) is 3.30. The van der Waals surface area contributed by atoms with Crippen LogP contribution in [-0.4, -0.2) is 23.2 Å². The predicted octanol–water partition coefficient (Wildman–Crippen LogP) is 0.530. The van der Waals surface area contributed by atoms with Gasteiger partial charge in [0.05, 0.1) is 0 Å². The maximum atomic E-state index is 5.04. The maximum absolute atomic E-state index is 5.04. The Morgan fingerprint density at radius 2 is 2.58 bits per heavy atom. The van der Waals surface area contributed by atoms with Gasteiger partial charge < -0.3 is 9.84 Å². The zero-order valence-electron chi connectivity index (χ0n) is 7.21. The van der Waals surface area contributed by atoms with Gasteiger partial charge in [-0.15, -0.1) is 0 Å². The first kappa shape index (κ1) is 7.73. The molecule has 1 aliphatic rings. The Balaban J connectivity index is 1.94. The highest BCUT2D eigenvalue weighted by molar-refractivity contribution is 4.87. The summed E-state index contributed by atoms with van der Waals surface area (Å²) in [5.74, 6) is 2.20. The van der Waals surface area contributed by atoms with Crippen LogP contribution in [0.4, 0.5) is 0 Å². The normalized spacial score (nSPS) is 23.2. The summed E-state index contributed by atoms with van der Waals surface area (Å²) in [6.45, 7) is 4.05. The molecule has 0 saturated carbocycles. The molecule has 0 bridgehead atoms. The van der Waals surface area contributed by atoms with E-state index < -0.39 is 0 Å². The third-order valence-corrected chi connectivity index (χ3v) is 2.20. The molecular formula is C8H13N3O. The van der Waals surface area contributed by atoms with Crippen LogP contribution in [0.3, 0.4) is 0 Å². The Morgan fingerprint density at radius 1 is 1.67 bits per heavy atom. The van der Waals surface area contributed by atoms with E-state index in [-0.39, 0.29) is 0 Å². The molecule has 1 fully saturated rings. The third-order valence-electron chi connectivity index (χ3n) is 2.20. The molecule has 4 heteroatoms. The zero-order chi connectivity index (χ0) is 8.39. The van der Waals surface area contributed by atoms with Crippen molar-refractivity contribution >= 4 is 0 Å². The van der Waals surface area contributed by atoms with Crippen LogP contribution < -0.4 is 5.32 Å². The van der Waals surface area contributed by atoms with Crippen LogP contribution in [0.2, 0.25) is 0 Å². The van der Waals surface area contributed by atoms with Crippen molar-refractivity contribution in [2.75, 3.05) is 13.1 Å². The molecule has 12 heavy (non-hydrogen) atoms. The van der Waals surface area contributed by atoms with Crippen molar-refractivity contribution in [1.82, 2.24) is 15.5 Å². The van der Waals surface area contributed by atoms with E-state index in [0.717, 1.165) is 31.2 Å². The van der Waals surface area contributed by atoms with Crippen LogP contribution in [-0.2, 0) is 6.42 Å². The fourth-order valence-electron chi connectivity index (χ4n) is 1.56. The fraction of sp³-hybridized carbons (Fsp3) is 0.750. The number of aryl methyl sites for hydroxylation is 1. The Labute approximate surface area is 71.4 Å². The highest BCUT2D eigenvalue weighted by Gasteiger charge is 2.17. The van der Waals surface area contributed by atoms with Crippen LogP contribution >= 0.6 is 0 Å². The molecule has 0 aliphatic carbocycles. The number of hydrogen-bond donors (Lipinski definition) is 1. The molecule has 2 rings (SSSR count). The van der Waals surface area contributed by atoms with E-state index in [2.05, 4.69) is 15.5 Å².